The van der Waals surface area contributed by atoms with Crippen molar-refractivity contribution < 1.29 is 14.7 Å². The van der Waals surface area contributed by atoms with E-state index in [4.69, 9.17) is 5.11 Å². The third-order valence-corrected chi connectivity index (χ3v) is 3.11. The van der Waals surface area contributed by atoms with Crippen molar-refractivity contribution in [2.24, 2.45) is 0 Å². The number of aromatic amines is 1. The Balaban J connectivity index is 2.20. The summed E-state index contributed by atoms with van der Waals surface area (Å²) in [6.07, 6.45) is 0. The highest BCUT2D eigenvalue weighted by atomic mass is 79.9. The maximum atomic E-state index is 12.0. The van der Waals surface area contributed by atoms with Crippen LogP contribution >= 0.6 is 15.9 Å². The average molecular weight is 324 g/mol. The SMILES string of the molecule is Cc1ccc(Br)c(C(=O)Nc2cc(C(=O)O)[nH]n2)c1. The Morgan fingerprint density at radius 1 is 1.37 bits per heavy atom. The van der Waals surface area contributed by atoms with E-state index in [-0.39, 0.29) is 17.4 Å². The van der Waals surface area contributed by atoms with Gasteiger partial charge in [0.1, 0.15) is 5.69 Å². The predicted molar refractivity (Wildman–Crippen MR) is 72.4 cm³/mol. The van der Waals surface area contributed by atoms with Gasteiger partial charge in [-0.3, -0.25) is 9.89 Å². The number of rotatable bonds is 3. The Morgan fingerprint density at radius 3 is 2.74 bits per heavy atom. The van der Waals surface area contributed by atoms with Crippen molar-refractivity contribution >= 4 is 33.6 Å². The third kappa shape index (κ3) is 3.00. The van der Waals surface area contributed by atoms with Crippen LogP contribution in [0.25, 0.3) is 0 Å². The van der Waals surface area contributed by atoms with Crippen LogP contribution in [0.3, 0.4) is 0 Å². The second-order valence-electron chi connectivity index (χ2n) is 3.91. The molecule has 7 heteroatoms. The first-order valence-corrected chi connectivity index (χ1v) is 6.13. The summed E-state index contributed by atoms with van der Waals surface area (Å²) in [5, 5.41) is 17.3. The van der Waals surface area contributed by atoms with Gasteiger partial charge in [-0.1, -0.05) is 11.6 Å². The van der Waals surface area contributed by atoms with E-state index in [1.165, 1.54) is 6.07 Å². The second kappa shape index (κ2) is 5.23. The molecule has 0 radical (unpaired) electrons. The summed E-state index contributed by atoms with van der Waals surface area (Å²) in [5.41, 5.74) is 1.32. The van der Waals surface area contributed by atoms with Gasteiger partial charge >= 0.3 is 5.97 Å². The van der Waals surface area contributed by atoms with Gasteiger partial charge in [-0.2, -0.15) is 5.10 Å². The van der Waals surface area contributed by atoms with Gasteiger partial charge in [-0.25, -0.2) is 4.79 Å². The van der Waals surface area contributed by atoms with E-state index in [9.17, 15) is 9.59 Å². The summed E-state index contributed by atoms with van der Waals surface area (Å²) in [7, 11) is 0. The van der Waals surface area contributed by atoms with Crippen LogP contribution in [0.2, 0.25) is 0 Å². The minimum Gasteiger partial charge on any atom is -0.477 e. The van der Waals surface area contributed by atoms with Crippen LogP contribution in [0.15, 0.2) is 28.7 Å². The lowest BCUT2D eigenvalue weighted by Crippen LogP contribution is -2.13. The number of H-pyrrole nitrogens is 1. The molecule has 0 atom stereocenters. The zero-order valence-corrected chi connectivity index (χ0v) is 11.5. The van der Waals surface area contributed by atoms with E-state index in [0.29, 0.717) is 10.0 Å². The molecule has 1 aromatic heterocycles. The molecule has 2 rings (SSSR count). The number of anilines is 1. The molecule has 0 unspecified atom stereocenters. The Labute approximate surface area is 117 Å². The Hall–Kier alpha value is -2.15. The van der Waals surface area contributed by atoms with E-state index >= 15 is 0 Å². The minimum atomic E-state index is -1.13. The van der Waals surface area contributed by atoms with Gasteiger partial charge in [0.25, 0.3) is 5.91 Å². The number of hydrogen-bond donors (Lipinski definition) is 3. The highest BCUT2D eigenvalue weighted by Gasteiger charge is 2.13. The topological polar surface area (TPSA) is 95.1 Å². The van der Waals surface area contributed by atoms with Crippen molar-refractivity contribution in [2.45, 2.75) is 6.92 Å². The molecule has 0 aliphatic carbocycles. The largest absolute Gasteiger partial charge is 0.477 e. The number of amides is 1. The fourth-order valence-corrected chi connectivity index (χ4v) is 1.92. The molecular formula is C12H10BrN3O3. The third-order valence-electron chi connectivity index (χ3n) is 2.42. The van der Waals surface area contributed by atoms with Crippen LogP contribution in [0.4, 0.5) is 5.82 Å². The number of carbonyl (C=O) groups is 2. The highest BCUT2D eigenvalue weighted by Crippen LogP contribution is 2.19. The highest BCUT2D eigenvalue weighted by molar-refractivity contribution is 9.10. The number of halogens is 1. The Kier molecular flexibility index (Phi) is 3.66. The van der Waals surface area contributed by atoms with E-state index in [0.717, 1.165) is 5.56 Å². The van der Waals surface area contributed by atoms with E-state index in [1.54, 1.807) is 12.1 Å². The molecule has 19 heavy (non-hydrogen) atoms. The number of aryl methyl sites for hydroxylation is 1. The van der Waals surface area contributed by atoms with Gasteiger partial charge in [0.05, 0.1) is 5.56 Å². The van der Waals surface area contributed by atoms with Crippen LogP contribution in [-0.2, 0) is 0 Å². The molecule has 0 spiro atoms. The summed E-state index contributed by atoms with van der Waals surface area (Å²) >= 11 is 3.29. The molecule has 0 aliphatic rings. The van der Waals surface area contributed by atoms with E-state index < -0.39 is 5.97 Å². The summed E-state index contributed by atoms with van der Waals surface area (Å²) in [6, 6.07) is 6.63. The van der Waals surface area contributed by atoms with Crippen molar-refractivity contribution in [1.82, 2.24) is 10.2 Å². The number of nitrogens with zero attached hydrogens (tertiary/aromatic N) is 1. The number of carbonyl (C=O) groups excluding carboxylic acids is 1. The first kappa shape index (κ1) is 13.3. The first-order valence-electron chi connectivity index (χ1n) is 5.33. The number of carboxylic acids is 1. The number of aromatic carboxylic acids is 1. The first-order chi connectivity index (χ1) is 8.97. The summed E-state index contributed by atoms with van der Waals surface area (Å²) < 4.78 is 0.657. The molecule has 3 N–H and O–H groups in total. The molecule has 0 aliphatic heterocycles. The van der Waals surface area contributed by atoms with Gasteiger partial charge in [-0.15, -0.1) is 0 Å². The molecule has 0 bridgehead atoms. The zero-order valence-electron chi connectivity index (χ0n) is 9.90. The fraction of sp³-hybridized carbons (Fsp3) is 0.0833. The van der Waals surface area contributed by atoms with Crippen LogP contribution in [0, 0.1) is 6.92 Å². The number of hydrogen-bond acceptors (Lipinski definition) is 3. The molecule has 0 saturated carbocycles. The van der Waals surface area contributed by atoms with E-state index in [2.05, 4.69) is 31.4 Å². The molecule has 98 valence electrons. The monoisotopic (exact) mass is 323 g/mol. The maximum absolute atomic E-state index is 12.0. The van der Waals surface area contributed by atoms with Crippen molar-refractivity contribution in [3.63, 3.8) is 0 Å². The zero-order chi connectivity index (χ0) is 14.0. The Bertz CT molecular complexity index is 651. The molecular weight excluding hydrogens is 314 g/mol. The Morgan fingerprint density at radius 2 is 2.11 bits per heavy atom. The van der Waals surface area contributed by atoms with Crippen molar-refractivity contribution in [3.8, 4) is 0 Å². The summed E-state index contributed by atoms with van der Waals surface area (Å²) in [6.45, 7) is 1.88. The maximum Gasteiger partial charge on any atom is 0.353 e. The van der Waals surface area contributed by atoms with Gasteiger partial charge in [0.2, 0.25) is 0 Å². The van der Waals surface area contributed by atoms with Gasteiger partial charge in [0.15, 0.2) is 5.82 Å². The fourth-order valence-electron chi connectivity index (χ4n) is 1.49. The van der Waals surface area contributed by atoms with Gasteiger partial charge < -0.3 is 10.4 Å². The quantitative estimate of drug-likeness (QED) is 0.808. The van der Waals surface area contributed by atoms with Crippen molar-refractivity contribution in [3.05, 3.63) is 45.6 Å². The van der Waals surface area contributed by atoms with Crippen molar-refractivity contribution in [2.75, 3.05) is 5.32 Å². The predicted octanol–water partition coefficient (Wildman–Crippen LogP) is 2.43. The summed E-state index contributed by atoms with van der Waals surface area (Å²) in [4.78, 5) is 22.7. The number of carboxylic acid groups (broad SMARTS) is 1. The van der Waals surface area contributed by atoms with Crippen LogP contribution in [0.5, 0.6) is 0 Å². The molecule has 0 fully saturated rings. The standard InChI is InChI=1S/C12H10BrN3O3/c1-6-2-3-8(13)7(4-6)11(17)14-10-5-9(12(18)19)15-16-10/h2-5H,1H3,(H,18,19)(H2,14,15,16,17). The number of nitrogens with one attached hydrogen (secondary N) is 2. The molecule has 1 aromatic carbocycles. The van der Waals surface area contributed by atoms with E-state index in [1.807, 2.05) is 13.0 Å². The second-order valence-corrected chi connectivity index (χ2v) is 4.76. The lowest BCUT2D eigenvalue weighted by Gasteiger charge is -2.05. The summed E-state index contributed by atoms with van der Waals surface area (Å²) in [5.74, 6) is -1.33. The number of benzene rings is 1. The van der Waals surface area contributed by atoms with Crippen LogP contribution in [-0.4, -0.2) is 27.2 Å². The van der Waals surface area contributed by atoms with Crippen molar-refractivity contribution in [1.29, 1.82) is 0 Å². The normalized spacial score (nSPS) is 10.2. The van der Waals surface area contributed by atoms with Gasteiger partial charge in [-0.05, 0) is 35.0 Å². The van der Waals surface area contributed by atoms with Gasteiger partial charge in [0, 0.05) is 10.5 Å². The van der Waals surface area contributed by atoms with Crippen LogP contribution < -0.4 is 5.32 Å². The molecule has 2 aromatic rings. The number of aromatic nitrogens is 2. The van der Waals surface area contributed by atoms with Crippen LogP contribution in [0.1, 0.15) is 26.4 Å². The lowest BCUT2D eigenvalue weighted by atomic mass is 10.1. The average Bonchev–Trinajstić information content (AvgIpc) is 2.80. The molecule has 0 saturated heterocycles. The minimum absolute atomic E-state index is 0.0846. The molecule has 6 nitrogen and oxygen atoms in total. The lowest BCUT2D eigenvalue weighted by molar-refractivity contribution is 0.0690. The molecule has 1 amide bonds. The smallest absolute Gasteiger partial charge is 0.353 e. The molecule has 1 heterocycles.